The van der Waals surface area contributed by atoms with Gasteiger partial charge in [-0.1, -0.05) is 11.6 Å². The number of hydrogen-bond donors (Lipinski definition) is 0. The first-order chi connectivity index (χ1) is 11.1. The molecule has 122 valence electrons. The molecule has 4 rings (SSSR count). The summed E-state index contributed by atoms with van der Waals surface area (Å²) in [5.74, 6) is 0.640. The number of hydrogen-bond acceptors (Lipinski definition) is 4. The summed E-state index contributed by atoms with van der Waals surface area (Å²) in [5, 5.41) is 1.71. The highest BCUT2D eigenvalue weighted by Gasteiger charge is 2.31. The molecule has 2 aliphatic rings. The van der Waals surface area contributed by atoms with E-state index < -0.39 is 0 Å². The molecule has 1 aliphatic carbocycles. The molecule has 0 bridgehead atoms. The lowest BCUT2D eigenvalue weighted by Gasteiger charge is -2.39. The Balaban J connectivity index is 1.72. The minimum atomic E-state index is -0.0101. The molecule has 0 radical (unpaired) electrons. The fourth-order valence-corrected chi connectivity index (χ4v) is 3.58. The third-order valence-corrected chi connectivity index (χ3v) is 5.51. The normalized spacial score (nSPS) is 20.9. The molecule has 0 N–H and O–H groups in total. The number of halogens is 1. The SMILES string of the molecule is COC1(C)CCN(c2cc(Cl)nc3cnc(C4CC4)cc23)CC1. The van der Waals surface area contributed by atoms with Crippen LogP contribution >= 0.6 is 11.6 Å². The topological polar surface area (TPSA) is 38.2 Å². The lowest BCUT2D eigenvalue weighted by atomic mass is 9.93. The Labute approximate surface area is 141 Å². The number of anilines is 1. The van der Waals surface area contributed by atoms with Gasteiger partial charge in [0.25, 0.3) is 0 Å². The molecule has 3 heterocycles. The van der Waals surface area contributed by atoms with E-state index in [9.17, 15) is 0 Å². The van der Waals surface area contributed by atoms with Gasteiger partial charge in [0, 0.05) is 42.9 Å². The van der Waals surface area contributed by atoms with Crippen molar-refractivity contribution in [1.29, 1.82) is 0 Å². The average Bonchev–Trinajstić information content (AvgIpc) is 3.39. The van der Waals surface area contributed by atoms with Crippen LogP contribution in [0.4, 0.5) is 5.69 Å². The Morgan fingerprint density at radius 1 is 1.26 bits per heavy atom. The fourth-order valence-electron chi connectivity index (χ4n) is 3.39. The molecule has 1 saturated heterocycles. The van der Waals surface area contributed by atoms with Gasteiger partial charge in [-0.15, -0.1) is 0 Å². The number of nitrogens with zero attached hydrogens (tertiary/aromatic N) is 3. The summed E-state index contributed by atoms with van der Waals surface area (Å²) in [6.45, 7) is 4.14. The van der Waals surface area contributed by atoms with Gasteiger partial charge in [0.05, 0.1) is 17.3 Å². The van der Waals surface area contributed by atoms with E-state index in [1.165, 1.54) is 29.6 Å². The van der Waals surface area contributed by atoms with Crippen LogP contribution in [0.2, 0.25) is 5.15 Å². The van der Waals surface area contributed by atoms with Crippen LogP contribution in [-0.4, -0.2) is 35.8 Å². The summed E-state index contributed by atoms with van der Waals surface area (Å²) in [7, 11) is 1.81. The zero-order valence-electron chi connectivity index (χ0n) is 13.7. The summed E-state index contributed by atoms with van der Waals surface area (Å²) in [6.07, 6.45) is 6.42. The Bertz CT molecular complexity index is 736. The van der Waals surface area contributed by atoms with Crippen molar-refractivity contribution in [2.75, 3.05) is 25.1 Å². The number of fused-ring (bicyclic) bond motifs is 1. The highest BCUT2D eigenvalue weighted by Crippen LogP contribution is 2.41. The smallest absolute Gasteiger partial charge is 0.131 e. The molecule has 0 aromatic carbocycles. The first-order valence-electron chi connectivity index (χ1n) is 8.34. The van der Waals surface area contributed by atoms with Gasteiger partial charge in [-0.05, 0) is 44.7 Å². The quantitative estimate of drug-likeness (QED) is 0.791. The molecule has 2 aromatic heterocycles. The van der Waals surface area contributed by atoms with E-state index in [-0.39, 0.29) is 5.60 Å². The van der Waals surface area contributed by atoms with E-state index in [2.05, 4.69) is 27.9 Å². The number of ether oxygens (including phenoxy) is 1. The van der Waals surface area contributed by atoms with Crippen LogP contribution in [0.25, 0.3) is 10.9 Å². The predicted octanol–water partition coefficient (Wildman–Crippen LogP) is 4.17. The van der Waals surface area contributed by atoms with Gasteiger partial charge in [-0.25, -0.2) is 4.98 Å². The number of piperidine rings is 1. The van der Waals surface area contributed by atoms with E-state index in [4.69, 9.17) is 16.3 Å². The van der Waals surface area contributed by atoms with E-state index in [1.54, 1.807) is 0 Å². The standard InChI is InChI=1S/C18H22ClN3O/c1-18(23-2)5-7-22(8-6-18)16-10-17(19)21-15-11-20-14(9-13(15)16)12-3-4-12/h9-12H,3-8H2,1-2H3. The maximum atomic E-state index is 6.25. The Kier molecular flexibility index (Phi) is 3.69. The molecule has 2 fully saturated rings. The van der Waals surface area contributed by atoms with Crippen molar-refractivity contribution in [3.05, 3.63) is 29.2 Å². The van der Waals surface area contributed by atoms with Crippen molar-refractivity contribution in [1.82, 2.24) is 9.97 Å². The van der Waals surface area contributed by atoms with Gasteiger partial charge in [-0.3, -0.25) is 4.98 Å². The van der Waals surface area contributed by atoms with Crippen molar-refractivity contribution < 1.29 is 4.74 Å². The molecule has 0 unspecified atom stereocenters. The van der Waals surface area contributed by atoms with Crippen LogP contribution in [0.5, 0.6) is 0 Å². The van der Waals surface area contributed by atoms with Crippen LogP contribution in [-0.2, 0) is 4.74 Å². The van der Waals surface area contributed by atoms with Gasteiger partial charge in [0.1, 0.15) is 5.15 Å². The van der Waals surface area contributed by atoms with Gasteiger partial charge in [-0.2, -0.15) is 0 Å². The minimum Gasteiger partial charge on any atom is -0.378 e. The molecule has 0 amide bonds. The van der Waals surface area contributed by atoms with Gasteiger partial charge < -0.3 is 9.64 Å². The predicted molar refractivity (Wildman–Crippen MR) is 93.4 cm³/mol. The number of pyridine rings is 2. The maximum absolute atomic E-state index is 6.25. The maximum Gasteiger partial charge on any atom is 0.131 e. The third-order valence-electron chi connectivity index (χ3n) is 5.31. The first kappa shape index (κ1) is 15.2. The second kappa shape index (κ2) is 5.60. The summed E-state index contributed by atoms with van der Waals surface area (Å²) < 4.78 is 5.66. The van der Waals surface area contributed by atoms with Crippen LogP contribution in [0.1, 0.15) is 44.2 Å². The number of rotatable bonds is 3. The zero-order valence-corrected chi connectivity index (χ0v) is 14.4. The van der Waals surface area contributed by atoms with Crippen LogP contribution < -0.4 is 4.90 Å². The second-order valence-electron chi connectivity index (χ2n) is 7.01. The van der Waals surface area contributed by atoms with E-state index in [0.717, 1.165) is 31.4 Å². The molecular formula is C18H22ClN3O. The van der Waals surface area contributed by atoms with Crippen molar-refractivity contribution in [2.24, 2.45) is 0 Å². The molecule has 0 spiro atoms. The molecule has 1 saturated carbocycles. The molecule has 5 heteroatoms. The van der Waals surface area contributed by atoms with Crippen molar-refractivity contribution in [2.45, 2.75) is 44.1 Å². The third kappa shape index (κ3) is 2.90. The highest BCUT2D eigenvalue weighted by atomic mass is 35.5. The van der Waals surface area contributed by atoms with Gasteiger partial charge in [0.15, 0.2) is 0 Å². The van der Waals surface area contributed by atoms with Crippen LogP contribution in [0.15, 0.2) is 18.3 Å². The first-order valence-corrected chi connectivity index (χ1v) is 8.72. The van der Waals surface area contributed by atoms with E-state index in [0.29, 0.717) is 11.1 Å². The average molecular weight is 332 g/mol. The van der Waals surface area contributed by atoms with E-state index >= 15 is 0 Å². The number of methoxy groups -OCH3 is 1. The molecule has 4 nitrogen and oxygen atoms in total. The van der Waals surface area contributed by atoms with Crippen molar-refractivity contribution >= 4 is 28.2 Å². The van der Waals surface area contributed by atoms with Crippen molar-refractivity contribution in [3.8, 4) is 0 Å². The van der Waals surface area contributed by atoms with Crippen molar-refractivity contribution in [3.63, 3.8) is 0 Å². The minimum absolute atomic E-state index is 0.0101. The molecule has 23 heavy (non-hydrogen) atoms. The van der Waals surface area contributed by atoms with Gasteiger partial charge in [0.2, 0.25) is 0 Å². The molecule has 0 atom stereocenters. The molecule has 1 aliphatic heterocycles. The lowest BCUT2D eigenvalue weighted by molar-refractivity contribution is -0.0132. The fraction of sp³-hybridized carbons (Fsp3) is 0.556. The number of aromatic nitrogens is 2. The Hall–Kier alpha value is -1.39. The highest BCUT2D eigenvalue weighted by molar-refractivity contribution is 6.30. The second-order valence-corrected chi connectivity index (χ2v) is 7.39. The largest absolute Gasteiger partial charge is 0.378 e. The molecule has 2 aromatic rings. The van der Waals surface area contributed by atoms with E-state index in [1.807, 2.05) is 19.4 Å². The van der Waals surface area contributed by atoms with Gasteiger partial charge >= 0.3 is 0 Å². The van der Waals surface area contributed by atoms with Crippen LogP contribution in [0.3, 0.4) is 0 Å². The summed E-state index contributed by atoms with van der Waals surface area (Å²) in [5.41, 5.74) is 3.25. The summed E-state index contributed by atoms with van der Waals surface area (Å²) >= 11 is 6.25. The Morgan fingerprint density at radius 2 is 2.00 bits per heavy atom. The zero-order chi connectivity index (χ0) is 16.0. The molecular weight excluding hydrogens is 310 g/mol. The monoisotopic (exact) mass is 331 g/mol. The van der Waals surface area contributed by atoms with Crippen LogP contribution in [0, 0.1) is 0 Å². The summed E-state index contributed by atoms with van der Waals surface area (Å²) in [6, 6.07) is 4.21. The summed E-state index contributed by atoms with van der Waals surface area (Å²) in [4.78, 5) is 11.4. The Morgan fingerprint density at radius 3 is 2.65 bits per heavy atom. The lowest BCUT2D eigenvalue weighted by Crippen LogP contribution is -2.43.